The minimum Gasteiger partial charge on any atom is -0.497 e. The standard InChI is InChI=1S/C28H35N3O6/c1-4-5-6-7-8-9-15-36-27(33)21-13-14-24(35-3)23(17-21)31-26(32)19-30-28-29-18-25(37-28)20-11-10-12-22(16-20)34-2/h10-14,16-18H,4-9,15,19H2,1-3H3,(H,29,30)(H,31,32). The van der Waals surface area contributed by atoms with Gasteiger partial charge in [0.15, 0.2) is 5.76 Å². The Kier molecular flexibility index (Phi) is 10.8. The number of ether oxygens (including phenoxy) is 3. The average molecular weight is 510 g/mol. The van der Waals surface area contributed by atoms with E-state index in [0.29, 0.717) is 35.1 Å². The summed E-state index contributed by atoms with van der Waals surface area (Å²) in [6.07, 6.45) is 8.23. The Bertz CT molecular complexity index is 1160. The Labute approximate surface area is 217 Å². The van der Waals surface area contributed by atoms with E-state index in [0.717, 1.165) is 24.8 Å². The topological polar surface area (TPSA) is 112 Å². The van der Waals surface area contributed by atoms with Crippen LogP contribution < -0.4 is 20.1 Å². The first-order chi connectivity index (χ1) is 18.0. The lowest BCUT2D eigenvalue weighted by Gasteiger charge is -2.12. The molecule has 1 aromatic heterocycles. The number of aromatic nitrogens is 1. The van der Waals surface area contributed by atoms with Crippen molar-refractivity contribution in [3.63, 3.8) is 0 Å². The molecule has 2 aromatic carbocycles. The van der Waals surface area contributed by atoms with E-state index in [2.05, 4.69) is 22.5 Å². The number of benzene rings is 2. The van der Waals surface area contributed by atoms with E-state index in [-0.39, 0.29) is 18.5 Å². The first-order valence-electron chi connectivity index (χ1n) is 12.5. The van der Waals surface area contributed by atoms with Crippen LogP contribution in [0.2, 0.25) is 0 Å². The van der Waals surface area contributed by atoms with Crippen molar-refractivity contribution in [2.45, 2.75) is 45.4 Å². The number of amides is 1. The molecule has 3 aromatic rings. The van der Waals surface area contributed by atoms with Crippen LogP contribution >= 0.6 is 0 Å². The van der Waals surface area contributed by atoms with Crippen LogP contribution in [-0.2, 0) is 9.53 Å². The van der Waals surface area contributed by atoms with Gasteiger partial charge in [0.2, 0.25) is 5.91 Å². The van der Waals surface area contributed by atoms with Gasteiger partial charge in [-0.3, -0.25) is 4.79 Å². The fourth-order valence-electron chi connectivity index (χ4n) is 3.68. The second-order valence-electron chi connectivity index (χ2n) is 8.48. The summed E-state index contributed by atoms with van der Waals surface area (Å²) in [5, 5.41) is 5.61. The molecule has 0 saturated carbocycles. The van der Waals surface area contributed by atoms with Crippen LogP contribution in [0.1, 0.15) is 55.8 Å². The maximum atomic E-state index is 12.6. The molecule has 0 saturated heterocycles. The molecule has 0 bridgehead atoms. The third-order valence-corrected chi connectivity index (χ3v) is 5.70. The zero-order valence-corrected chi connectivity index (χ0v) is 21.7. The number of hydrogen-bond donors (Lipinski definition) is 2. The van der Waals surface area contributed by atoms with Crippen molar-refractivity contribution in [1.82, 2.24) is 4.98 Å². The predicted molar refractivity (Wildman–Crippen MR) is 142 cm³/mol. The summed E-state index contributed by atoms with van der Waals surface area (Å²) in [6.45, 7) is 2.45. The molecule has 37 heavy (non-hydrogen) atoms. The molecule has 0 unspecified atom stereocenters. The molecule has 0 aliphatic heterocycles. The number of esters is 1. The molecule has 9 heteroatoms. The Morgan fingerprint density at radius 1 is 0.973 bits per heavy atom. The number of anilines is 2. The number of carbonyl (C=O) groups excluding carboxylic acids is 2. The monoisotopic (exact) mass is 509 g/mol. The second-order valence-corrected chi connectivity index (χ2v) is 8.48. The molecule has 2 N–H and O–H groups in total. The Morgan fingerprint density at radius 3 is 2.57 bits per heavy atom. The number of nitrogens with one attached hydrogen (secondary N) is 2. The van der Waals surface area contributed by atoms with Crippen molar-refractivity contribution in [3.8, 4) is 22.8 Å². The first kappa shape index (κ1) is 27.6. The van der Waals surface area contributed by atoms with Gasteiger partial charge in [0.25, 0.3) is 6.01 Å². The molecule has 3 rings (SSSR count). The Balaban J connectivity index is 1.52. The predicted octanol–water partition coefficient (Wildman–Crippen LogP) is 5.93. The van der Waals surface area contributed by atoms with E-state index >= 15 is 0 Å². The minimum atomic E-state index is -0.435. The average Bonchev–Trinajstić information content (AvgIpc) is 3.40. The van der Waals surface area contributed by atoms with Crippen molar-refractivity contribution in [2.75, 3.05) is 38.0 Å². The van der Waals surface area contributed by atoms with E-state index < -0.39 is 5.97 Å². The van der Waals surface area contributed by atoms with Gasteiger partial charge in [-0.05, 0) is 36.8 Å². The highest BCUT2D eigenvalue weighted by Crippen LogP contribution is 2.27. The molecule has 0 aliphatic rings. The zero-order chi connectivity index (χ0) is 26.5. The van der Waals surface area contributed by atoms with Gasteiger partial charge in [0.05, 0.1) is 44.8 Å². The first-order valence-corrected chi connectivity index (χ1v) is 12.5. The third kappa shape index (κ3) is 8.56. The van der Waals surface area contributed by atoms with Gasteiger partial charge in [0, 0.05) is 5.56 Å². The number of carbonyl (C=O) groups is 2. The van der Waals surface area contributed by atoms with Gasteiger partial charge in [-0.25, -0.2) is 9.78 Å². The van der Waals surface area contributed by atoms with Crippen LogP contribution in [0.15, 0.2) is 53.1 Å². The highest BCUT2D eigenvalue weighted by molar-refractivity contribution is 5.97. The van der Waals surface area contributed by atoms with Gasteiger partial charge in [-0.2, -0.15) is 0 Å². The number of unbranched alkanes of at least 4 members (excludes halogenated alkanes) is 5. The van der Waals surface area contributed by atoms with Gasteiger partial charge in [0.1, 0.15) is 11.5 Å². The Hall–Kier alpha value is -4.01. The fourth-order valence-corrected chi connectivity index (χ4v) is 3.68. The van der Waals surface area contributed by atoms with Crippen LogP contribution in [0.25, 0.3) is 11.3 Å². The van der Waals surface area contributed by atoms with E-state index in [1.165, 1.54) is 26.4 Å². The van der Waals surface area contributed by atoms with Gasteiger partial charge >= 0.3 is 5.97 Å². The normalized spacial score (nSPS) is 10.6. The van der Waals surface area contributed by atoms with Crippen LogP contribution in [0.5, 0.6) is 11.5 Å². The maximum absolute atomic E-state index is 12.6. The Morgan fingerprint density at radius 2 is 1.78 bits per heavy atom. The number of hydrogen-bond acceptors (Lipinski definition) is 8. The highest BCUT2D eigenvalue weighted by Gasteiger charge is 2.14. The zero-order valence-electron chi connectivity index (χ0n) is 21.7. The second kappa shape index (κ2) is 14.5. The number of nitrogens with zero attached hydrogens (tertiary/aromatic N) is 1. The number of oxazole rings is 1. The van der Waals surface area contributed by atoms with Crippen LogP contribution in [0, 0.1) is 0 Å². The quantitative estimate of drug-likeness (QED) is 0.192. The van der Waals surface area contributed by atoms with Crippen LogP contribution in [0.3, 0.4) is 0 Å². The minimum absolute atomic E-state index is 0.103. The van der Waals surface area contributed by atoms with Crippen molar-refractivity contribution in [3.05, 3.63) is 54.2 Å². The van der Waals surface area contributed by atoms with Crippen molar-refractivity contribution in [2.24, 2.45) is 0 Å². The summed E-state index contributed by atoms with van der Waals surface area (Å²) < 4.78 is 21.7. The molecule has 0 radical (unpaired) electrons. The number of methoxy groups -OCH3 is 2. The molecule has 198 valence electrons. The summed E-state index contributed by atoms with van der Waals surface area (Å²) in [4.78, 5) is 29.2. The highest BCUT2D eigenvalue weighted by atomic mass is 16.5. The molecule has 1 heterocycles. The van der Waals surface area contributed by atoms with Crippen LogP contribution in [-0.4, -0.2) is 44.2 Å². The summed E-state index contributed by atoms with van der Waals surface area (Å²) in [6, 6.07) is 12.4. The molecule has 0 aliphatic carbocycles. The van der Waals surface area contributed by atoms with Crippen molar-refractivity contribution in [1.29, 1.82) is 0 Å². The number of rotatable bonds is 15. The van der Waals surface area contributed by atoms with Gasteiger partial charge in [-0.15, -0.1) is 0 Å². The lowest BCUT2D eigenvalue weighted by atomic mass is 10.1. The van der Waals surface area contributed by atoms with E-state index in [1.807, 2.05) is 24.3 Å². The SMILES string of the molecule is CCCCCCCCOC(=O)c1ccc(OC)c(NC(=O)CNc2ncc(-c3cccc(OC)c3)o2)c1. The van der Waals surface area contributed by atoms with E-state index in [9.17, 15) is 9.59 Å². The third-order valence-electron chi connectivity index (χ3n) is 5.70. The van der Waals surface area contributed by atoms with Gasteiger partial charge in [-0.1, -0.05) is 51.2 Å². The molecular weight excluding hydrogens is 474 g/mol. The lowest BCUT2D eigenvalue weighted by molar-refractivity contribution is -0.114. The molecule has 9 nitrogen and oxygen atoms in total. The summed E-state index contributed by atoms with van der Waals surface area (Å²) in [5.41, 5.74) is 1.51. The molecule has 0 spiro atoms. The van der Waals surface area contributed by atoms with E-state index in [4.69, 9.17) is 18.6 Å². The molecule has 1 amide bonds. The largest absolute Gasteiger partial charge is 0.497 e. The molecular formula is C28H35N3O6. The smallest absolute Gasteiger partial charge is 0.338 e. The lowest BCUT2D eigenvalue weighted by Crippen LogP contribution is -2.22. The maximum Gasteiger partial charge on any atom is 0.338 e. The summed E-state index contributed by atoms with van der Waals surface area (Å²) in [7, 11) is 3.09. The molecule has 0 atom stereocenters. The fraction of sp³-hybridized carbons (Fsp3) is 0.393. The molecule has 0 fully saturated rings. The summed E-state index contributed by atoms with van der Waals surface area (Å²) >= 11 is 0. The summed E-state index contributed by atoms with van der Waals surface area (Å²) in [5.74, 6) is 0.866. The van der Waals surface area contributed by atoms with Crippen LogP contribution in [0.4, 0.5) is 11.7 Å². The van der Waals surface area contributed by atoms with E-state index in [1.54, 1.807) is 31.5 Å². The van der Waals surface area contributed by atoms with Crippen molar-refractivity contribution >= 4 is 23.6 Å². The van der Waals surface area contributed by atoms with Crippen molar-refractivity contribution < 1.29 is 28.2 Å². The van der Waals surface area contributed by atoms with Gasteiger partial charge < -0.3 is 29.3 Å².